The molecule has 1 heterocycles. The first kappa shape index (κ1) is 30.0. The molecule has 1 aromatic heterocycles. The Morgan fingerprint density at radius 1 is 1.00 bits per heavy atom. The Morgan fingerprint density at radius 2 is 1.62 bits per heavy atom. The number of hydrogen-bond acceptors (Lipinski definition) is 8. The van der Waals surface area contributed by atoms with E-state index >= 15 is 0 Å². The molecule has 0 saturated carbocycles. The van der Waals surface area contributed by atoms with Gasteiger partial charge < -0.3 is 20.1 Å². The molecule has 0 saturated heterocycles. The van der Waals surface area contributed by atoms with Crippen LogP contribution in [0.5, 0.6) is 5.75 Å². The highest BCUT2D eigenvalue weighted by Crippen LogP contribution is 2.19. The molecule has 2 aromatic rings. The number of anilines is 1. The van der Waals surface area contributed by atoms with Gasteiger partial charge in [-0.1, -0.05) is 0 Å². The van der Waals surface area contributed by atoms with Gasteiger partial charge in [0.1, 0.15) is 5.75 Å². The second-order valence-corrected chi connectivity index (χ2v) is 11.3. The van der Waals surface area contributed by atoms with Crippen molar-refractivity contribution in [2.24, 2.45) is 0 Å². The zero-order valence-electron chi connectivity index (χ0n) is 22.3. The topological polar surface area (TPSA) is 149 Å². The molecule has 0 atom stereocenters. The lowest BCUT2D eigenvalue weighted by Crippen LogP contribution is -2.45. The van der Waals surface area contributed by atoms with E-state index in [9.17, 15) is 18.0 Å². The van der Waals surface area contributed by atoms with Gasteiger partial charge in [-0.25, -0.2) is 23.1 Å². The number of carbonyl (C=O) groups excluding carboxylic acids is 2. The van der Waals surface area contributed by atoms with Gasteiger partial charge in [0.2, 0.25) is 11.9 Å². The van der Waals surface area contributed by atoms with Crippen molar-refractivity contribution in [1.82, 2.24) is 20.6 Å². The summed E-state index contributed by atoms with van der Waals surface area (Å²) in [5, 5.41) is 5.65. The standard InChI is InChI=1S/C25H37N5O6S/c1-7-26-21(31)15-25(5,6)36-14-13-24(3,4)29-22(32)18-16-27-23(28-17-18)30-37(33,34)20-11-9-19(10-12-20)35-8-2/h9-12,16-17H,7-8,13-15H2,1-6H3,(H,26,31)(H,29,32)(H,27,28,30). The number of benzene rings is 1. The average Bonchev–Trinajstić information content (AvgIpc) is 2.79. The van der Waals surface area contributed by atoms with Crippen molar-refractivity contribution in [2.75, 3.05) is 24.5 Å². The Kier molecular flexibility index (Phi) is 10.4. The van der Waals surface area contributed by atoms with Crippen molar-refractivity contribution >= 4 is 27.8 Å². The number of nitrogens with zero attached hydrogens (tertiary/aromatic N) is 2. The summed E-state index contributed by atoms with van der Waals surface area (Å²) in [5.74, 6) is -0.0872. The Labute approximate surface area is 218 Å². The molecule has 0 unspecified atom stereocenters. The Morgan fingerprint density at radius 3 is 2.19 bits per heavy atom. The van der Waals surface area contributed by atoms with E-state index in [1.54, 1.807) is 12.1 Å². The van der Waals surface area contributed by atoms with Crippen LogP contribution in [0.25, 0.3) is 0 Å². The molecule has 37 heavy (non-hydrogen) atoms. The van der Waals surface area contributed by atoms with Gasteiger partial charge in [0.25, 0.3) is 15.9 Å². The van der Waals surface area contributed by atoms with E-state index in [2.05, 4.69) is 25.3 Å². The SMILES string of the molecule is CCNC(=O)CC(C)(C)OCCC(C)(C)NC(=O)c1cnc(NS(=O)(=O)c2ccc(OCC)cc2)nc1. The smallest absolute Gasteiger partial charge is 0.264 e. The molecule has 0 fully saturated rings. The van der Waals surface area contributed by atoms with Gasteiger partial charge in [-0.3, -0.25) is 9.59 Å². The third kappa shape index (κ3) is 9.96. The lowest BCUT2D eigenvalue weighted by molar-refractivity contribution is -0.127. The van der Waals surface area contributed by atoms with Crippen LogP contribution in [-0.4, -0.2) is 61.1 Å². The number of ether oxygens (including phenoxy) is 2. The summed E-state index contributed by atoms with van der Waals surface area (Å²) in [6, 6.07) is 5.96. The molecule has 2 rings (SSSR count). The van der Waals surface area contributed by atoms with Gasteiger partial charge in [-0.15, -0.1) is 0 Å². The Balaban J connectivity index is 1.92. The largest absolute Gasteiger partial charge is 0.494 e. The minimum Gasteiger partial charge on any atom is -0.494 e. The summed E-state index contributed by atoms with van der Waals surface area (Å²) in [7, 11) is -3.91. The van der Waals surface area contributed by atoms with Crippen LogP contribution in [0.2, 0.25) is 0 Å². The van der Waals surface area contributed by atoms with Gasteiger partial charge in [0.05, 0.1) is 29.1 Å². The van der Waals surface area contributed by atoms with E-state index in [0.29, 0.717) is 31.9 Å². The third-order valence-electron chi connectivity index (χ3n) is 5.22. The van der Waals surface area contributed by atoms with Crippen molar-refractivity contribution < 1.29 is 27.5 Å². The molecular formula is C25H37N5O6S. The summed E-state index contributed by atoms with van der Waals surface area (Å²) in [4.78, 5) is 32.5. The van der Waals surface area contributed by atoms with Crippen molar-refractivity contribution in [3.63, 3.8) is 0 Å². The number of aromatic nitrogens is 2. The summed E-state index contributed by atoms with van der Waals surface area (Å²) >= 11 is 0. The van der Waals surface area contributed by atoms with E-state index in [1.807, 2.05) is 41.5 Å². The molecule has 12 heteroatoms. The number of hydrogen-bond donors (Lipinski definition) is 3. The minimum atomic E-state index is -3.91. The number of carbonyl (C=O) groups is 2. The van der Waals surface area contributed by atoms with Gasteiger partial charge >= 0.3 is 0 Å². The van der Waals surface area contributed by atoms with Crippen LogP contribution in [-0.2, 0) is 19.6 Å². The van der Waals surface area contributed by atoms with Crippen molar-refractivity contribution in [2.45, 2.75) is 70.4 Å². The van der Waals surface area contributed by atoms with Crippen molar-refractivity contribution in [1.29, 1.82) is 0 Å². The zero-order chi connectivity index (χ0) is 27.7. The number of nitrogens with one attached hydrogen (secondary N) is 3. The highest BCUT2D eigenvalue weighted by Gasteiger charge is 2.26. The van der Waals surface area contributed by atoms with E-state index < -0.39 is 27.1 Å². The number of rotatable bonds is 14. The fraction of sp³-hybridized carbons (Fsp3) is 0.520. The van der Waals surface area contributed by atoms with Crippen LogP contribution in [0.15, 0.2) is 41.6 Å². The van der Waals surface area contributed by atoms with Gasteiger partial charge in [-0.2, -0.15) is 0 Å². The lowest BCUT2D eigenvalue weighted by Gasteiger charge is -2.30. The normalized spacial score (nSPS) is 12.1. The lowest BCUT2D eigenvalue weighted by atomic mass is 10.00. The van der Waals surface area contributed by atoms with Crippen LogP contribution >= 0.6 is 0 Å². The second-order valence-electron chi connectivity index (χ2n) is 9.63. The quantitative estimate of drug-likeness (QED) is 0.334. The van der Waals surface area contributed by atoms with Gasteiger partial charge in [0.15, 0.2) is 0 Å². The monoisotopic (exact) mass is 535 g/mol. The Hall–Kier alpha value is -3.25. The molecule has 0 bridgehead atoms. The highest BCUT2D eigenvalue weighted by atomic mass is 32.2. The van der Waals surface area contributed by atoms with Crippen molar-refractivity contribution in [3.8, 4) is 5.75 Å². The highest BCUT2D eigenvalue weighted by molar-refractivity contribution is 7.92. The summed E-state index contributed by atoms with van der Waals surface area (Å²) < 4.78 is 38.7. The first-order valence-electron chi connectivity index (χ1n) is 12.1. The van der Waals surface area contributed by atoms with Crippen LogP contribution in [0.3, 0.4) is 0 Å². The molecule has 0 aliphatic carbocycles. The molecule has 0 spiro atoms. The van der Waals surface area contributed by atoms with Crippen LogP contribution < -0.4 is 20.1 Å². The predicted molar refractivity (Wildman–Crippen MR) is 140 cm³/mol. The molecule has 3 N–H and O–H groups in total. The molecule has 11 nitrogen and oxygen atoms in total. The second kappa shape index (κ2) is 12.8. The predicted octanol–water partition coefficient (Wildman–Crippen LogP) is 2.90. The summed E-state index contributed by atoms with van der Waals surface area (Å²) in [6.45, 7) is 12.5. The molecule has 0 aliphatic rings. The molecule has 1 aromatic carbocycles. The fourth-order valence-electron chi connectivity index (χ4n) is 3.28. The summed E-state index contributed by atoms with van der Waals surface area (Å²) in [6.07, 6.45) is 3.23. The zero-order valence-corrected chi connectivity index (χ0v) is 23.1. The average molecular weight is 536 g/mol. The van der Waals surface area contributed by atoms with E-state index in [0.717, 1.165) is 0 Å². The van der Waals surface area contributed by atoms with E-state index in [-0.39, 0.29) is 28.7 Å². The van der Waals surface area contributed by atoms with Crippen molar-refractivity contribution in [3.05, 3.63) is 42.2 Å². The maximum atomic E-state index is 12.7. The van der Waals surface area contributed by atoms with Crippen LogP contribution in [0.4, 0.5) is 5.95 Å². The Bertz CT molecular complexity index is 1150. The maximum absolute atomic E-state index is 12.7. The van der Waals surface area contributed by atoms with Crippen LogP contribution in [0, 0.1) is 0 Å². The maximum Gasteiger partial charge on any atom is 0.264 e. The number of amides is 2. The molecule has 0 radical (unpaired) electrons. The van der Waals surface area contributed by atoms with E-state index in [4.69, 9.17) is 9.47 Å². The van der Waals surface area contributed by atoms with Gasteiger partial charge in [-0.05, 0) is 72.2 Å². The molecule has 2 amide bonds. The van der Waals surface area contributed by atoms with E-state index in [1.165, 1.54) is 24.5 Å². The molecule has 0 aliphatic heterocycles. The van der Waals surface area contributed by atoms with Crippen LogP contribution in [0.1, 0.15) is 64.7 Å². The number of sulfonamides is 1. The third-order valence-corrected chi connectivity index (χ3v) is 6.56. The summed E-state index contributed by atoms with van der Waals surface area (Å²) in [5.41, 5.74) is -1.08. The minimum absolute atomic E-state index is 0.0273. The molecular weight excluding hydrogens is 498 g/mol. The first-order valence-corrected chi connectivity index (χ1v) is 13.6. The molecule has 204 valence electrons. The first-order chi connectivity index (χ1) is 17.3. The fourth-order valence-corrected chi connectivity index (χ4v) is 4.24. The van der Waals surface area contributed by atoms with Gasteiger partial charge in [0, 0.05) is 31.1 Å².